The second kappa shape index (κ2) is 5.99. The van der Waals surface area contributed by atoms with Gasteiger partial charge in [0, 0.05) is 18.1 Å². The lowest BCUT2D eigenvalue weighted by Gasteiger charge is -2.04. The summed E-state index contributed by atoms with van der Waals surface area (Å²) < 4.78 is 1.80. The number of carboxylic acid groups (broad SMARTS) is 1. The number of nitrogens with one attached hydrogen (secondary N) is 1. The molecular formula is C17H17N3O2. The number of aliphatic carboxylic acids is 1. The summed E-state index contributed by atoms with van der Waals surface area (Å²) in [5, 5.41) is 17.6. The Bertz CT molecular complexity index is 824. The van der Waals surface area contributed by atoms with E-state index in [1.54, 1.807) is 4.68 Å². The van der Waals surface area contributed by atoms with Crippen molar-refractivity contribution in [1.82, 2.24) is 15.1 Å². The number of carboxylic acids is 1. The van der Waals surface area contributed by atoms with E-state index in [9.17, 15) is 4.79 Å². The maximum atomic E-state index is 11.0. The Morgan fingerprint density at radius 2 is 2.09 bits per heavy atom. The highest BCUT2D eigenvalue weighted by atomic mass is 16.4. The molecule has 112 valence electrons. The number of aromatic nitrogens is 2. The molecule has 0 unspecified atom stereocenters. The fourth-order valence-electron chi connectivity index (χ4n) is 2.56. The van der Waals surface area contributed by atoms with Crippen molar-refractivity contribution in [3.8, 4) is 5.69 Å². The van der Waals surface area contributed by atoms with Gasteiger partial charge in [-0.3, -0.25) is 4.79 Å². The second-order valence-corrected chi connectivity index (χ2v) is 5.20. The molecule has 22 heavy (non-hydrogen) atoms. The third-order valence-electron chi connectivity index (χ3n) is 3.52. The van der Waals surface area contributed by atoms with E-state index < -0.39 is 5.97 Å². The van der Waals surface area contributed by atoms with Crippen molar-refractivity contribution in [2.75, 3.05) is 7.05 Å². The molecule has 0 saturated carbocycles. The Hall–Kier alpha value is -2.66. The molecule has 2 N–H and O–H groups in total. The first kappa shape index (κ1) is 14.3. The minimum Gasteiger partial charge on any atom is -0.481 e. The molecule has 5 nitrogen and oxygen atoms in total. The fraction of sp³-hybridized carbons (Fsp3) is 0.176. The molecule has 0 atom stereocenters. The SMILES string of the molecule is CNCc1cccc(-n2cc3cccc(CC(=O)O)c3n2)c1. The molecule has 1 aromatic heterocycles. The van der Waals surface area contributed by atoms with Crippen LogP contribution in [0, 0.1) is 0 Å². The van der Waals surface area contributed by atoms with Crippen molar-refractivity contribution in [2.24, 2.45) is 0 Å². The van der Waals surface area contributed by atoms with Crippen LogP contribution in [0.3, 0.4) is 0 Å². The fourth-order valence-corrected chi connectivity index (χ4v) is 2.56. The van der Waals surface area contributed by atoms with Gasteiger partial charge in [-0.25, -0.2) is 4.68 Å². The van der Waals surface area contributed by atoms with Gasteiger partial charge in [0.05, 0.1) is 17.6 Å². The molecule has 0 radical (unpaired) electrons. The van der Waals surface area contributed by atoms with Crippen molar-refractivity contribution < 1.29 is 9.90 Å². The molecule has 3 rings (SSSR count). The molecule has 0 amide bonds. The van der Waals surface area contributed by atoms with Crippen LogP contribution in [0.5, 0.6) is 0 Å². The minimum absolute atomic E-state index is 0.0197. The number of benzene rings is 2. The Labute approximate surface area is 128 Å². The minimum atomic E-state index is -0.849. The monoisotopic (exact) mass is 295 g/mol. The van der Waals surface area contributed by atoms with Gasteiger partial charge in [-0.05, 0) is 30.3 Å². The highest BCUT2D eigenvalue weighted by Gasteiger charge is 2.10. The zero-order valence-electron chi connectivity index (χ0n) is 12.3. The van der Waals surface area contributed by atoms with Crippen LogP contribution in [0.1, 0.15) is 11.1 Å². The summed E-state index contributed by atoms with van der Waals surface area (Å²) in [5.74, 6) is -0.849. The molecule has 5 heteroatoms. The number of hydrogen-bond acceptors (Lipinski definition) is 3. The van der Waals surface area contributed by atoms with E-state index in [0.717, 1.165) is 28.7 Å². The highest BCUT2D eigenvalue weighted by molar-refractivity contribution is 5.85. The van der Waals surface area contributed by atoms with Gasteiger partial charge in [0.25, 0.3) is 0 Å². The van der Waals surface area contributed by atoms with E-state index in [0.29, 0.717) is 0 Å². The van der Waals surface area contributed by atoms with Gasteiger partial charge in [0.15, 0.2) is 0 Å². The standard InChI is InChI=1S/C17H17N3O2/c1-18-10-12-4-2-7-15(8-12)20-11-14-6-3-5-13(9-16(21)22)17(14)19-20/h2-8,11,18H,9-10H2,1H3,(H,21,22). The van der Waals surface area contributed by atoms with Crippen LogP contribution in [0.2, 0.25) is 0 Å². The molecule has 0 aliphatic carbocycles. The summed E-state index contributed by atoms with van der Waals surface area (Å²) in [5.41, 5.74) is 3.61. The topological polar surface area (TPSA) is 67.2 Å². The van der Waals surface area contributed by atoms with Gasteiger partial charge in [0.1, 0.15) is 0 Å². The average molecular weight is 295 g/mol. The lowest BCUT2D eigenvalue weighted by molar-refractivity contribution is -0.136. The summed E-state index contributed by atoms with van der Waals surface area (Å²) in [4.78, 5) is 11.0. The molecular weight excluding hydrogens is 278 g/mol. The zero-order valence-corrected chi connectivity index (χ0v) is 12.3. The molecule has 0 fully saturated rings. The van der Waals surface area contributed by atoms with Gasteiger partial charge in [-0.2, -0.15) is 5.10 Å². The predicted octanol–water partition coefficient (Wildman–Crippen LogP) is 2.37. The number of carbonyl (C=O) groups is 1. The maximum absolute atomic E-state index is 11.0. The van der Waals surface area contributed by atoms with Crippen molar-refractivity contribution in [2.45, 2.75) is 13.0 Å². The van der Waals surface area contributed by atoms with Crippen molar-refractivity contribution in [1.29, 1.82) is 0 Å². The predicted molar refractivity (Wildman–Crippen MR) is 85.2 cm³/mol. The molecule has 0 aliphatic heterocycles. The first-order chi connectivity index (χ1) is 10.7. The van der Waals surface area contributed by atoms with E-state index >= 15 is 0 Å². The molecule has 3 aromatic rings. The second-order valence-electron chi connectivity index (χ2n) is 5.20. The molecule has 0 bridgehead atoms. The van der Waals surface area contributed by atoms with Crippen LogP contribution < -0.4 is 5.32 Å². The van der Waals surface area contributed by atoms with E-state index in [-0.39, 0.29) is 6.42 Å². The Morgan fingerprint density at radius 1 is 1.27 bits per heavy atom. The van der Waals surface area contributed by atoms with Crippen LogP contribution in [-0.4, -0.2) is 27.9 Å². The summed E-state index contributed by atoms with van der Waals surface area (Å²) in [7, 11) is 1.91. The summed E-state index contributed by atoms with van der Waals surface area (Å²) in [6.07, 6.45) is 1.91. The molecule has 1 heterocycles. The van der Waals surface area contributed by atoms with Gasteiger partial charge < -0.3 is 10.4 Å². The van der Waals surface area contributed by atoms with Crippen molar-refractivity contribution >= 4 is 16.9 Å². The lowest BCUT2D eigenvalue weighted by Crippen LogP contribution is -2.05. The molecule has 0 spiro atoms. The van der Waals surface area contributed by atoms with Crippen LogP contribution in [0.25, 0.3) is 16.6 Å². The van der Waals surface area contributed by atoms with Crippen molar-refractivity contribution in [3.05, 3.63) is 59.8 Å². The lowest BCUT2D eigenvalue weighted by atomic mass is 10.1. The van der Waals surface area contributed by atoms with Crippen LogP contribution in [0.15, 0.2) is 48.7 Å². The van der Waals surface area contributed by atoms with Crippen LogP contribution >= 0.6 is 0 Å². The Kier molecular flexibility index (Phi) is 3.89. The zero-order chi connectivity index (χ0) is 15.5. The largest absolute Gasteiger partial charge is 0.481 e. The van der Waals surface area contributed by atoms with E-state index in [2.05, 4.69) is 22.5 Å². The maximum Gasteiger partial charge on any atom is 0.307 e. The normalized spacial score (nSPS) is 11.0. The smallest absolute Gasteiger partial charge is 0.307 e. The molecule has 0 aliphatic rings. The first-order valence-corrected chi connectivity index (χ1v) is 7.10. The third kappa shape index (κ3) is 2.84. The summed E-state index contributed by atoms with van der Waals surface area (Å²) in [6.45, 7) is 0.791. The summed E-state index contributed by atoms with van der Waals surface area (Å²) in [6, 6.07) is 13.7. The van der Waals surface area contributed by atoms with E-state index in [4.69, 9.17) is 5.11 Å². The molecule has 2 aromatic carbocycles. The Morgan fingerprint density at radius 3 is 2.86 bits per heavy atom. The van der Waals surface area contributed by atoms with Gasteiger partial charge >= 0.3 is 5.97 Å². The van der Waals surface area contributed by atoms with Gasteiger partial charge in [-0.15, -0.1) is 0 Å². The number of fused-ring (bicyclic) bond motifs is 1. The van der Waals surface area contributed by atoms with E-state index in [1.807, 2.05) is 43.6 Å². The third-order valence-corrected chi connectivity index (χ3v) is 3.52. The number of hydrogen-bond donors (Lipinski definition) is 2. The van der Waals surface area contributed by atoms with Gasteiger partial charge in [-0.1, -0.05) is 30.3 Å². The quantitative estimate of drug-likeness (QED) is 0.758. The van der Waals surface area contributed by atoms with Crippen LogP contribution in [-0.2, 0) is 17.8 Å². The Balaban J connectivity index is 2.05. The highest BCUT2D eigenvalue weighted by Crippen LogP contribution is 2.20. The van der Waals surface area contributed by atoms with E-state index in [1.165, 1.54) is 5.56 Å². The van der Waals surface area contributed by atoms with Gasteiger partial charge in [0.2, 0.25) is 0 Å². The summed E-state index contributed by atoms with van der Waals surface area (Å²) >= 11 is 0. The number of rotatable bonds is 5. The van der Waals surface area contributed by atoms with Crippen LogP contribution in [0.4, 0.5) is 0 Å². The average Bonchev–Trinajstić information content (AvgIpc) is 2.93. The molecule has 0 saturated heterocycles. The van der Waals surface area contributed by atoms with Crippen molar-refractivity contribution in [3.63, 3.8) is 0 Å². The first-order valence-electron chi connectivity index (χ1n) is 7.10. The number of nitrogens with zero attached hydrogens (tertiary/aromatic N) is 2.